The van der Waals surface area contributed by atoms with Crippen LogP contribution in [0.4, 0.5) is 0 Å². The molecule has 1 aromatic heterocycles. The van der Waals surface area contributed by atoms with Gasteiger partial charge in [-0.25, -0.2) is 4.98 Å². The Morgan fingerprint density at radius 2 is 1.88 bits per heavy atom. The monoisotopic (exact) mass is 237 g/mol. The van der Waals surface area contributed by atoms with E-state index in [2.05, 4.69) is 4.98 Å². The van der Waals surface area contributed by atoms with Gasteiger partial charge in [-0.15, -0.1) is 0 Å². The molecular weight excluding hydrogens is 222 g/mol. The average molecular weight is 238 g/mol. The van der Waals surface area contributed by atoms with Crippen LogP contribution in [0.5, 0.6) is 5.75 Å². The van der Waals surface area contributed by atoms with E-state index in [-0.39, 0.29) is 0 Å². The van der Waals surface area contributed by atoms with Crippen molar-refractivity contribution < 1.29 is 4.74 Å². The summed E-state index contributed by atoms with van der Waals surface area (Å²) in [5, 5.41) is 1.62. The molecule has 0 amide bonds. The smallest absolute Gasteiger partial charge is 0.132 e. The summed E-state index contributed by atoms with van der Waals surface area (Å²) in [6, 6.07) is 7.78. The van der Waals surface area contributed by atoms with Crippen molar-refractivity contribution in [1.29, 1.82) is 0 Å². The van der Waals surface area contributed by atoms with Crippen LogP contribution in [0.3, 0.4) is 0 Å². The molecule has 0 saturated carbocycles. The maximum absolute atomic E-state index is 5.93. The van der Waals surface area contributed by atoms with E-state index in [1.807, 2.05) is 45.0 Å². The maximum Gasteiger partial charge on any atom is 0.132 e. The van der Waals surface area contributed by atoms with Crippen molar-refractivity contribution in [3.63, 3.8) is 0 Å². The first-order valence-corrected chi connectivity index (χ1v) is 5.69. The van der Waals surface area contributed by atoms with Gasteiger partial charge in [-0.1, -0.05) is 25.4 Å². The van der Waals surface area contributed by atoms with Crippen molar-refractivity contribution in [3.05, 3.63) is 35.0 Å². The second kappa shape index (κ2) is 5.71. The average Bonchev–Trinajstić information content (AvgIpc) is 2.33. The van der Waals surface area contributed by atoms with E-state index in [0.29, 0.717) is 5.15 Å². The first-order chi connectivity index (χ1) is 7.70. The Balaban J connectivity index is 0.000000606. The van der Waals surface area contributed by atoms with E-state index in [9.17, 15) is 0 Å². The fourth-order valence-corrected chi connectivity index (χ4v) is 1.50. The normalized spacial score (nSPS) is 9.56. The highest BCUT2D eigenvalue weighted by Gasteiger charge is 2.01. The third-order valence-electron chi connectivity index (χ3n) is 2.15. The topological polar surface area (TPSA) is 22.1 Å². The molecule has 0 bridgehead atoms. The number of benzene rings is 1. The van der Waals surface area contributed by atoms with Crippen molar-refractivity contribution in [2.45, 2.75) is 20.8 Å². The van der Waals surface area contributed by atoms with Gasteiger partial charge >= 0.3 is 0 Å². The molecule has 2 rings (SSSR count). The molecule has 2 aromatic rings. The number of aromatic nitrogens is 1. The molecule has 0 radical (unpaired) electrons. The first-order valence-electron chi connectivity index (χ1n) is 5.31. The molecular formula is C13H16ClNO. The lowest BCUT2D eigenvalue weighted by Gasteiger charge is -2.03. The predicted molar refractivity (Wildman–Crippen MR) is 69.4 cm³/mol. The van der Waals surface area contributed by atoms with Gasteiger partial charge in [-0.3, -0.25) is 0 Å². The molecule has 0 aliphatic carbocycles. The second-order valence-corrected chi connectivity index (χ2v) is 3.51. The molecule has 0 saturated heterocycles. The molecule has 2 nitrogen and oxygen atoms in total. The third-order valence-corrected chi connectivity index (χ3v) is 2.54. The van der Waals surface area contributed by atoms with Crippen LogP contribution in [0.1, 0.15) is 19.4 Å². The van der Waals surface area contributed by atoms with Crippen molar-refractivity contribution in [2.24, 2.45) is 0 Å². The number of methoxy groups -OCH3 is 1. The van der Waals surface area contributed by atoms with Crippen LogP contribution in [-0.2, 0) is 0 Å². The minimum atomic E-state index is 0.547. The number of nitrogens with zero attached hydrogens (tertiary/aromatic N) is 1. The fourth-order valence-electron chi connectivity index (χ4n) is 1.36. The van der Waals surface area contributed by atoms with Crippen LogP contribution in [0.15, 0.2) is 24.3 Å². The number of hydrogen-bond donors (Lipinski definition) is 0. The van der Waals surface area contributed by atoms with Crippen molar-refractivity contribution in [1.82, 2.24) is 4.98 Å². The van der Waals surface area contributed by atoms with Gasteiger partial charge in [0.1, 0.15) is 10.9 Å². The summed E-state index contributed by atoms with van der Waals surface area (Å²) in [5.74, 6) is 0.796. The van der Waals surface area contributed by atoms with Gasteiger partial charge in [0.25, 0.3) is 0 Å². The van der Waals surface area contributed by atoms with Crippen LogP contribution in [-0.4, -0.2) is 12.1 Å². The Morgan fingerprint density at radius 3 is 2.50 bits per heavy atom. The Hall–Kier alpha value is -1.28. The summed E-state index contributed by atoms with van der Waals surface area (Å²) in [5.41, 5.74) is 1.85. The second-order valence-electron chi connectivity index (χ2n) is 3.15. The number of hydrogen-bond acceptors (Lipinski definition) is 2. The molecule has 86 valence electrons. The molecule has 0 atom stereocenters. The SMILES string of the molecule is CC.COc1ccc2cc(C)c(Cl)nc2c1. The summed E-state index contributed by atoms with van der Waals surface area (Å²) < 4.78 is 5.11. The van der Waals surface area contributed by atoms with Gasteiger partial charge in [0.2, 0.25) is 0 Å². The summed E-state index contributed by atoms with van der Waals surface area (Å²) in [7, 11) is 1.64. The minimum absolute atomic E-state index is 0.547. The Kier molecular flexibility index (Phi) is 4.56. The summed E-state index contributed by atoms with van der Waals surface area (Å²) in [6.45, 7) is 5.94. The highest BCUT2D eigenvalue weighted by Crippen LogP contribution is 2.23. The van der Waals surface area contributed by atoms with E-state index in [4.69, 9.17) is 16.3 Å². The molecule has 0 aliphatic heterocycles. The molecule has 0 N–H and O–H groups in total. The minimum Gasteiger partial charge on any atom is -0.497 e. The molecule has 1 aromatic carbocycles. The summed E-state index contributed by atoms with van der Waals surface area (Å²) in [4.78, 5) is 4.27. The van der Waals surface area contributed by atoms with Crippen LogP contribution in [0.2, 0.25) is 5.15 Å². The highest BCUT2D eigenvalue weighted by molar-refractivity contribution is 6.30. The van der Waals surface area contributed by atoms with Gasteiger partial charge in [0.05, 0.1) is 12.6 Å². The highest BCUT2D eigenvalue weighted by atomic mass is 35.5. The van der Waals surface area contributed by atoms with Gasteiger partial charge in [0.15, 0.2) is 0 Å². The quantitative estimate of drug-likeness (QED) is 0.693. The molecule has 0 aliphatic rings. The predicted octanol–water partition coefficient (Wildman–Crippen LogP) is 4.23. The lowest BCUT2D eigenvalue weighted by atomic mass is 10.2. The van der Waals surface area contributed by atoms with Gasteiger partial charge < -0.3 is 4.74 Å². The Morgan fingerprint density at radius 1 is 1.19 bits per heavy atom. The zero-order chi connectivity index (χ0) is 12.1. The fraction of sp³-hybridized carbons (Fsp3) is 0.308. The molecule has 0 unspecified atom stereocenters. The summed E-state index contributed by atoms with van der Waals surface area (Å²) >= 11 is 5.93. The van der Waals surface area contributed by atoms with Crippen LogP contribution in [0, 0.1) is 6.92 Å². The molecule has 1 heterocycles. The number of pyridine rings is 1. The van der Waals surface area contributed by atoms with Crippen LogP contribution < -0.4 is 4.74 Å². The number of halogens is 1. The Bertz CT molecular complexity index is 483. The Labute approximate surface area is 101 Å². The van der Waals surface area contributed by atoms with E-state index < -0.39 is 0 Å². The van der Waals surface area contributed by atoms with E-state index >= 15 is 0 Å². The van der Waals surface area contributed by atoms with E-state index in [1.54, 1.807) is 7.11 Å². The van der Waals surface area contributed by atoms with Gasteiger partial charge in [-0.05, 0) is 30.7 Å². The number of fused-ring (bicyclic) bond motifs is 1. The molecule has 0 spiro atoms. The van der Waals surface area contributed by atoms with Crippen molar-refractivity contribution in [3.8, 4) is 5.75 Å². The van der Waals surface area contributed by atoms with E-state index in [0.717, 1.165) is 22.2 Å². The maximum atomic E-state index is 5.93. The van der Waals surface area contributed by atoms with Crippen LogP contribution >= 0.6 is 11.6 Å². The zero-order valence-electron chi connectivity index (χ0n) is 10.0. The number of ether oxygens (including phenoxy) is 1. The van der Waals surface area contributed by atoms with Crippen molar-refractivity contribution >= 4 is 22.5 Å². The van der Waals surface area contributed by atoms with Crippen LogP contribution in [0.25, 0.3) is 10.9 Å². The number of rotatable bonds is 1. The molecule has 3 heteroatoms. The van der Waals surface area contributed by atoms with Crippen molar-refractivity contribution in [2.75, 3.05) is 7.11 Å². The first kappa shape index (κ1) is 12.8. The van der Waals surface area contributed by atoms with Gasteiger partial charge in [-0.2, -0.15) is 0 Å². The van der Waals surface area contributed by atoms with E-state index in [1.165, 1.54) is 0 Å². The largest absolute Gasteiger partial charge is 0.497 e. The third kappa shape index (κ3) is 2.64. The standard InChI is InChI=1S/C11H10ClNO.C2H6/c1-7-5-8-3-4-9(14-2)6-10(8)13-11(7)12;1-2/h3-6H,1-2H3;1-2H3. The van der Waals surface area contributed by atoms with Gasteiger partial charge in [0, 0.05) is 11.5 Å². The zero-order valence-corrected chi connectivity index (χ0v) is 10.8. The lowest BCUT2D eigenvalue weighted by molar-refractivity contribution is 0.415. The molecule has 16 heavy (non-hydrogen) atoms. The number of aryl methyl sites for hydroxylation is 1. The summed E-state index contributed by atoms with van der Waals surface area (Å²) in [6.07, 6.45) is 0. The molecule has 0 fully saturated rings. The lowest BCUT2D eigenvalue weighted by Crippen LogP contribution is -1.86.